The number of benzene rings is 1. The molecule has 1 aromatic heterocycles. The second kappa shape index (κ2) is 5.37. The number of nitrogens with zero attached hydrogens (tertiary/aromatic N) is 2. The van der Waals surface area contributed by atoms with E-state index in [4.69, 9.17) is 4.52 Å². The Labute approximate surface area is 118 Å². The first-order valence-electron chi connectivity index (χ1n) is 7.03. The average molecular weight is 274 g/mol. The van der Waals surface area contributed by atoms with Gasteiger partial charge in [0.15, 0.2) is 0 Å². The van der Waals surface area contributed by atoms with Crippen LogP contribution in [0, 0.1) is 19.7 Å². The minimum absolute atomic E-state index is 0.147. The fraction of sp³-hybridized carbons (Fsp3) is 0.438. The molecule has 4 heteroatoms. The Kier molecular flexibility index (Phi) is 3.57. The van der Waals surface area contributed by atoms with Gasteiger partial charge in [0.1, 0.15) is 11.6 Å². The highest BCUT2D eigenvalue weighted by Gasteiger charge is 2.25. The van der Waals surface area contributed by atoms with Crippen molar-refractivity contribution in [1.29, 1.82) is 0 Å². The van der Waals surface area contributed by atoms with E-state index < -0.39 is 0 Å². The number of hydrogen-bond donors (Lipinski definition) is 0. The molecule has 1 aromatic carbocycles. The van der Waals surface area contributed by atoms with Crippen LogP contribution < -0.4 is 0 Å². The van der Waals surface area contributed by atoms with E-state index in [0.717, 1.165) is 43.1 Å². The van der Waals surface area contributed by atoms with Crippen LogP contribution in [-0.4, -0.2) is 23.1 Å². The number of rotatable bonds is 3. The lowest BCUT2D eigenvalue weighted by Gasteiger charge is -2.16. The molecule has 0 spiro atoms. The maximum atomic E-state index is 13.3. The van der Waals surface area contributed by atoms with Crippen molar-refractivity contribution in [2.75, 3.05) is 13.1 Å². The molecule has 106 valence electrons. The van der Waals surface area contributed by atoms with Crippen LogP contribution in [0.15, 0.2) is 28.8 Å². The predicted molar refractivity (Wildman–Crippen MR) is 75.0 cm³/mol. The number of aryl methyl sites for hydroxylation is 2. The summed E-state index contributed by atoms with van der Waals surface area (Å²) < 4.78 is 18.5. The Morgan fingerprint density at radius 1 is 1.40 bits per heavy atom. The van der Waals surface area contributed by atoms with Gasteiger partial charge in [0.25, 0.3) is 0 Å². The molecule has 0 saturated carbocycles. The van der Waals surface area contributed by atoms with Gasteiger partial charge in [-0.25, -0.2) is 4.39 Å². The topological polar surface area (TPSA) is 29.3 Å². The van der Waals surface area contributed by atoms with E-state index in [1.54, 1.807) is 12.1 Å². The molecular formula is C16H19FN2O. The van der Waals surface area contributed by atoms with E-state index in [0.29, 0.717) is 5.92 Å². The smallest absolute Gasteiger partial charge is 0.138 e. The van der Waals surface area contributed by atoms with Crippen LogP contribution in [0.2, 0.25) is 0 Å². The lowest BCUT2D eigenvalue weighted by atomic mass is 9.98. The SMILES string of the molecule is Cc1noc(C)c1CN1CCC(c2cccc(F)c2)C1. The summed E-state index contributed by atoms with van der Waals surface area (Å²) in [7, 11) is 0. The van der Waals surface area contributed by atoms with Crippen LogP contribution >= 0.6 is 0 Å². The summed E-state index contributed by atoms with van der Waals surface area (Å²) >= 11 is 0. The first-order chi connectivity index (χ1) is 9.63. The minimum Gasteiger partial charge on any atom is -0.361 e. The molecule has 0 radical (unpaired) electrons. The summed E-state index contributed by atoms with van der Waals surface area (Å²) in [6.45, 7) is 6.80. The lowest BCUT2D eigenvalue weighted by Crippen LogP contribution is -2.20. The van der Waals surface area contributed by atoms with Gasteiger partial charge in [0, 0.05) is 18.7 Å². The Balaban J connectivity index is 1.68. The van der Waals surface area contributed by atoms with Gasteiger partial charge >= 0.3 is 0 Å². The normalized spacial score (nSPS) is 19.6. The van der Waals surface area contributed by atoms with Crippen molar-refractivity contribution in [3.63, 3.8) is 0 Å². The number of hydrogen-bond acceptors (Lipinski definition) is 3. The Bertz CT molecular complexity index is 589. The van der Waals surface area contributed by atoms with Crippen molar-refractivity contribution < 1.29 is 8.91 Å². The zero-order valence-corrected chi connectivity index (χ0v) is 11.9. The van der Waals surface area contributed by atoms with Gasteiger partial charge in [0.2, 0.25) is 0 Å². The van der Waals surface area contributed by atoms with Crippen LogP contribution in [0.3, 0.4) is 0 Å². The molecule has 2 heterocycles. The van der Waals surface area contributed by atoms with Crippen LogP contribution in [0.5, 0.6) is 0 Å². The van der Waals surface area contributed by atoms with E-state index in [9.17, 15) is 4.39 Å². The summed E-state index contributed by atoms with van der Waals surface area (Å²) in [5.74, 6) is 1.18. The molecule has 20 heavy (non-hydrogen) atoms. The fourth-order valence-electron chi connectivity index (χ4n) is 2.96. The third kappa shape index (κ3) is 2.61. The summed E-state index contributed by atoms with van der Waals surface area (Å²) in [5.41, 5.74) is 3.26. The lowest BCUT2D eigenvalue weighted by molar-refractivity contribution is 0.322. The number of likely N-dealkylation sites (tertiary alicyclic amines) is 1. The van der Waals surface area contributed by atoms with Crippen molar-refractivity contribution in [2.24, 2.45) is 0 Å². The highest BCUT2D eigenvalue weighted by atomic mass is 19.1. The van der Waals surface area contributed by atoms with Gasteiger partial charge < -0.3 is 4.52 Å². The zero-order valence-electron chi connectivity index (χ0n) is 11.9. The minimum atomic E-state index is -0.147. The Morgan fingerprint density at radius 3 is 2.95 bits per heavy atom. The molecule has 3 nitrogen and oxygen atoms in total. The molecule has 2 aromatic rings. The summed E-state index contributed by atoms with van der Waals surface area (Å²) in [5, 5.41) is 4.00. The van der Waals surface area contributed by atoms with E-state index in [2.05, 4.69) is 10.1 Å². The molecule has 1 saturated heterocycles. The highest BCUT2D eigenvalue weighted by molar-refractivity contribution is 5.24. The quantitative estimate of drug-likeness (QED) is 0.859. The van der Waals surface area contributed by atoms with Crippen molar-refractivity contribution in [1.82, 2.24) is 10.1 Å². The number of aromatic nitrogens is 1. The van der Waals surface area contributed by atoms with Gasteiger partial charge in [-0.2, -0.15) is 0 Å². The molecule has 0 amide bonds. The molecule has 0 N–H and O–H groups in total. The molecular weight excluding hydrogens is 255 g/mol. The molecule has 1 atom stereocenters. The summed E-state index contributed by atoms with van der Waals surface area (Å²) in [6.07, 6.45) is 1.08. The van der Waals surface area contributed by atoms with Crippen molar-refractivity contribution in [3.8, 4) is 0 Å². The Morgan fingerprint density at radius 2 is 2.25 bits per heavy atom. The van der Waals surface area contributed by atoms with Gasteiger partial charge in [-0.15, -0.1) is 0 Å². The van der Waals surface area contributed by atoms with E-state index in [1.165, 1.54) is 11.6 Å². The third-order valence-corrected chi connectivity index (χ3v) is 4.16. The first kappa shape index (κ1) is 13.3. The largest absolute Gasteiger partial charge is 0.361 e. The monoisotopic (exact) mass is 274 g/mol. The molecule has 1 aliphatic heterocycles. The second-order valence-electron chi connectivity index (χ2n) is 5.58. The van der Waals surface area contributed by atoms with Crippen LogP contribution in [0.25, 0.3) is 0 Å². The molecule has 0 aliphatic carbocycles. The summed E-state index contributed by atoms with van der Waals surface area (Å²) in [6, 6.07) is 6.97. The van der Waals surface area contributed by atoms with Crippen molar-refractivity contribution in [2.45, 2.75) is 32.7 Å². The molecule has 3 rings (SSSR count). The Hall–Kier alpha value is -1.68. The molecule has 1 unspecified atom stereocenters. The van der Waals surface area contributed by atoms with Gasteiger partial charge in [-0.1, -0.05) is 17.3 Å². The van der Waals surface area contributed by atoms with Crippen LogP contribution in [0.4, 0.5) is 4.39 Å². The van der Waals surface area contributed by atoms with E-state index >= 15 is 0 Å². The molecule has 1 aliphatic rings. The first-order valence-corrected chi connectivity index (χ1v) is 7.03. The molecule has 0 bridgehead atoms. The number of halogens is 1. The van der Waals surface area contributed by atoms with Gasteiger partial charge in [-0.05, 0) is 50.4 Å². The van der Waals surface area contributed by atoms with E-state index in [-0.39, 0.29) is 5.82 Å². The third-order valence-electron chi connectivity index (χ3n) is 4.16. The second-order valence-corrected chi connectivity index (χ2v) is 5.58. The maximum absolute atomic E-state index is 13.3. The zero-order chi connectivity index (χ0) is 14.1. The van der Waals surface area contributed by atoms with Gasteiger partial charge in [0.05, 0.1) is 5.69 Å². The fourth-order valence-corrected chi connectivity index (χ4v) is 2.96. The van der Waals surface area contributed by atoms with Gasteiger partial charge in [-0.3, -0.25) is 4.90 Å². The van der Waals surface area contributed by atoms with Crippen molar-refractivity contribution >= 4 is 0 Å². The standard InChI is InChI=1S/C16H19FN2O/c1-11-16(12(2)20-18-11)10-19-7-6-14(9-19)13-4-3-5-15(17)8-13/h3-5,8,14H,6-7,9-10H2,1-2H3. The highest BCUT2D eigenvalue weighted by Crippen LogP contribution is 2.29. The summed E-state index contributed by atoms with van der Waals surface area (Å²) in [4.78, 5) is 2.39. The van der Waals surface area contributed by atoms with E-state index in [1.807, 2.05) is 19.9 Å². The maximum Gasteiger partial charge on any atom is 0.138 e. The molecule has 1 fully saturated rings. The van der Waals surface area contributed by atoms with Crippen LogP contribution in [-0.2, 0) is 6.54 Å². The average Bonchev–Trinajstić information content (AvgIpc) is 3.01. The predicted octanol–water partition coefficient (Wildman–Crippen LogP) is 3.42. The van der Waals surface area contributed by atoms with Crippen molar-refractivity contribution in [3.05, 3.63) is 52.7 Å². The van der Waals surface area contributed by atoms with Crippen LogP contribution in [0.1, 0.15) is 34.9 Å².